The number of aryl methyl sites for hydroxylation is 1. The van der Waals surface area contributed by atoms with Crippen molar-refractivity contribution in [3.63, 3.8) is 0 Å². The molecule has 0 saturated carbocycles. The lowest BCUT2D eigenvalue weighted by molar-refractivity contribution is -0.127. The van der Waals surface area contributed by atoms with Crippen molar-refractivity contribution in [3.8, 4) is 10.7 Å². The lowest BCUT2D eigenvalue weighted by Gasteiger charge is -2.33. The van der Waals surface area contributed by atoms with E-state index in [1.807, 2.05) is 60.0 Å². The van der Waals surface area contributed by atoms with Gasteiger partial charge in [0, 0.05) is 12.2 Å². The van der Waals surface area contributed by atoms with Crippen LogP contribution < -0.4 is 10.2 Å². The van der Waals surface area contributed by atoms with Gasteiger partial charge in [-0.05, 0) is 77.2 Å². The van der Waals surface area contributed by atoms with Gasteiger partial charge in [-0.25, -0.2) is 0 Å². The topological polar surface area (TPSA) is 106 Å². The van der Waals surface area contributed by atoms with Crippen molar-refractivity contribution >= 4 is 28.8 Å². The van der Waals surface area contributed by atoms with Crippen LogP contribution in [0, 0.1) is 0 Å². The number of carbonyl (C=O) groups excluding carboxylic acids is 2. The third-order valence-electron chi connectivity index (χ3n) is 7.00. The number of benzene rings is 2. The molecule has 5 aromatic rings. The summed E-state index contributed by atoms with van der Waals surface area (Å²) in [5.41, 5.74) is 3.94. The number of tetrazole rings is 1. The largest absolute Gasteiger partial charge is 0.467 e. The Kier molecular flexibility index (Phi) is 7.49. The molecule has 3 heterocycles. The lowest BCUT2D eigenvalue weighted by atomic mass is 9.89. The number of fused-ring (bicyclic) bond motifs is 1. The molecule has 202 valence electrons. The summed E-state index contributed by atoms with van der Waals surface area (Å²) < 4.78 is 5.77. The van der Waals surface area contributed by atoms with Crippen LogP contribution in [0.1, 0.15) is 41.3 Å². The van der Waals surface area contributed by atoms with Gasteiger partial charge in [-0.3, -0.25) is 14.5 Å². The Morgan fingerprint density at radius 2 is 1.88 bits per heavy atom. The Hall–Kier alpha value is -4.57. The molecule has 10 heteroatoms. The van der Waals surface area contributed by atoms with Crippen LogP contribution >= 0.6 is 11.3 Å². The molecule has 2 amide bonds. The monoisotopic (exact) mass is 552 g/mol. The van der Waals surface area contributed by atoms with E-state index in [0.29, 0.717) is 23.8 Å². The van der Waals surface area contributed by atoms with Gasteiger partial charge in [-0.2, -0.15) is 4.80 Å². The fraction of sp³-hybridized carbons (Fsp3) is 0.233. The predicted octanol–water partition coefficient (Wildman–Crippen LogP) is 4.96. The van der Waals surface area contributed by atoms with E-state index in [2.05, 4.69) is 26.8 Å². The van der Waals surface area contributed by atoms with Crippen LogP contribution in [0.3, 0.4) is 0 Å². The van der Waals surface area contributed by atoms with E-state index in [1.54, 1.807) is 17.0 Å². The highest BCUT2D eigenvalue weighted by molar-refractivity contribution is 7.13. The summed E-state index contributed by atoms with van der Waals surface area (Å²) in [6.07, 6.45) is 5.40. The highest BCUT2D eigenvalue weighted by Crippen LogP contribution is 2.36. The third-order valence-corrected chi connectivity index (χ3v) is 7.87. The number of hydrogen-bond donors (Lipinski definition) is 1. The van der Waals surface area contributed by atoms with Gasteiger partial charge in [-0.1, -0.05) is 48.5 Å². The van der Waals surface area contributed by atoms with E-state index in [-0.39, 0.29) is 18.4 Å². The van der Waals surface area contributed by atoms with Crippen molar-refractivity contribution in [3.05, 3.63) is 107 Å². The lowest BCUT2D eigenvalue weighted by Crippen LogP contribution is -2.45. The zero-order chi connectivity index (χ0) is 27.3. The molecule has 3 aromatic heterocycles. The van der Waals surface area contributed by atoms with Gasteiger partial charge in [-0.15, -0.1) is 21.5 Å². The summed E-state index contributed by atoms with van der Waals surface area (Å²) in [4.78, 5) is 31.8. The maximum absolute atomic E-state index is 14.2. The molecule has 0 fully saturated rings. The van der Waals surface area contributed by atoms with Crippen molar-refractivity contribution in [2.75, 3.05) is 4.90 Å². The number of amides is 2. The van der Waals surface area contributed by atoms with Crippen LogP contribution in [0.15, 0.2) is 88.9 Å². The van der Waals surface area contributed by atoms with Gasteiger partial charge in [0.1, 0.15) is 12.3 Å². The minimum absolute atomic E-state index is 0.189. The summed E-state index contributed by atoms with van der Waals surface area (Å²) in [5.74, 6) is 0.143. The van der Waals surface area contributed by atoms with E-state index < -0.39 is 6.04 Å². The summed E-state index contributed by atoms with van der Waals surface area (Å²) in [6, 6.07) is 21.9. The SMILES string of the molecule is O=C(NCc1ccccc1)[C@@H](c1ccco1)N(C(=O)Cn1nnc(-c2cccs2)n1)c1cccc2c1CCCC2. The quantitative estimate of drug-likeness (QED) is 0.277. The normalized spacial score (nSPS) is 13.4. The van der Waals surface area contributed by atoms with Crippen LogP contribution in [0.2, 0.25) is 0 Å². The highest BCUT2D eigenvalue weighted by Gasteiger charge is 2.37. The number of aromatic nitrogens is 4. The van der Waals surface area contributed by atoms with Gasteiger partial charge < -0.3 is 9.73 Å². The average molecular weight is 553 g/mol. The van der Waals surface area contributed by atoms with Crippen LogP contribution in [-0.4, -0.2) is 32.0 Å². The summed E-state index contributed by atoms with van der Waals surface area (Å²) in [6.45, 7) is 0.131. The number of hydrogen-bond acceptors (Lipinski definition) is 7. The maximum atomic E-state index is 14.2. The van der Waals surface area contributed by atoms with Crippen molar-refractivity contribution in [1.82, 2.24) is 25.5 Å². The molecular formula is C30H28N6O3S. The van der Waals surface area contributed by atoms with Crippen molar-refractivity contribution < 1.29 is 14.0 Å². The first-order chi connectivity index (χ1) is 19.7. The summed E-state index contributed by atoms with van der Waals surface area (Å²) in [7, 11) is 0. The highest BCUT2D eigenvalue weighted by atomic mass is 32.1. The van der Waals surface area contributed by atoms with Gasteiger partial charge in [0.05, 0.1) is 11.1 Å². The van der Waals surface area contributed by atoms with Crippen LogP contribution in [-0.2, 0) is 35.5 Å². The number of rotatable bonds is 9. The number of thiophene rings is 1. The number of furan rings is 1. The second kappa shape index (κ2) is 11.7. The number of nitrogens with one attached hydrogen (secondary N) is 1. The van der Waals surface area contributed by atoms with E-state index in [4.69, 9.17) is 4.42 Å². The van der Waals surface area contributed by atoms with E-state index >= 15 is 0 Å². The molecule has 0 bridgehead atoms. The molecule has 1 aliphatic carbocycles. The first-order valence-corrected chi connectivity index (χ1v) is 14.1. The molecule has 2 aromatic carbocycles. The second-order valence-electron chi connectivity index (χ2n) is 9.63. The zero-order valence-electron chi connectivity index (χ0n) is 21.8. The molecule has 6 rings (SSSR count). The van der Waals surface area contributed by atoms with E-state index in [9.17, 15) is 9.59 Å². The standard InChI is InChI=1S/C30H28N6O3S/c37-27(20-35-33-29(32-34-35)26-16-8-18-40-26)36(24-14-6-12-22-11-4-5-13-23(22)24)28(25-15-7-17-39-25)30(38)31-19-21-9-2-1-3-10-21/h1-3,6-10,12,14-18,28H,4-5,11,13,19-20H2,(H,31,38)/t28-/m1/s1. The summed E-state index contributed by atoms with van der Waals surface area (Å²) >= 11 is 1.50. The van der Waals surface area contributed by atoms with Crippen molar-refractivity contribution in [1.29, 1.82) is 0 Å². The van der Waals surface area contributed by atoms with Gasteiger partial charge in [0.2, 0.25) is 5.82 Å². The molecule has 0 spiro atoms. The first-order valence-electron chi connectivity index (χ1n) is 13.3. The Bertz CT molecular complexity index is 1580. The Labute approximate surface area is 235 Å². The number of carbonyl (C=O) groups is 2. The van der Waals surface area contributed by atoms with Crippen molar-refractivity contribution in [2.24, 2.45) is 0 Å². The zero-order valence-corrected chi connectivity index (χ0v) is 22.6. The Morgan fingerprint density at radius 3 is 2.67 bits per heavy atom. The van der Waals surface area contributed by atoms with Crippen LogP contribution in [0.4, 0.5) is 5.69 Å². The molecule has 0 saturated heterocycles. The molecular weight excluding hydrogens is 524 g/mol. The Balaban J connectivity index is 1.37. The maximum Gasteiger partial charge on any atom is 0.251 e. The molecule has 9 nitrogen and oxygen atoms in total. The second-order valence-corrected chi connectivity index (χ2v) is 10.6. The minimum atomic E-state index is -1.03. The molecule has 1 N–H and O–H groups in total. The number of nitrogens with zero attached hydrogens (tertiary/aromatic N) is 5. The molecule has 0 radical (unpaired) electrons. The first kappa shape index (κ1) is 25.7. The van der Waals surface area contributed by atoms with E-state index in [0.717, 1.165) is 41.7 Å². The molecule has 40 heavy (non-hydrogen) atoms. The average Bonchev–Trinajstić information content (AvgIpc) is 3.78. The molecule has 0 aliphatic heterocycles. The fourth-order valence-electron chi connectivity index (χ4n) is 5.12. The summed E-state index contributed by atoms with van der Waals surface area (Å²) in [5, 5.41) is 17.6. The molecule has 0 unspecified atom stereocenters. The Morgan fingerprint density at radius 1 is 1.00 bits per heavy atom. The number of anilines is 1. The minimum Gasteiger partial charge on any atom is -0.467 e. The molecule has 1 aliphatic rings. The van der Waals surface area contributed by atoms with Crippen molar-refractivity contribution in [2.45, 2.75) is 44.8 Å². The van der Waals surface area contributed by atoms with Gasteiger partial charge in [0.15, 0.2) is 6.04 Å². The van der Waals surface area contributed by atoms with Gasteiger partial charge in [0.25, 0.3) is 11.8 Å². The molecule has 1 atom stereocenters. The van der Waals surface area contributed by atoms with Gasteiger partial charge >= 0.3 is 0 Å². The van der Waals surface area contributed by atoms with E-state index in [1.165, 1.54) is 28.0 Å². The predicted molar refractivity (Wildman–Crippen MR) is 151 cm³/mol. The smallest absolute Gasteiger partial charge is 0.251 e. The van der Waals surface area contributed by atoms with Crippen LogP contribution in [0.5, 0.6) is 0 Å². The van der Waals surface area contributed by atoms with Crippen LogP contribution in [0.25, 0.3) is 10.7 Å². The third kappa shape index (κ3) is 5.43. The fourth-order valence-corrected chi connectivity index (χ4v) is 5.77.